The molecule has 2 N–H and O–H groups in total. The molecule has 0 radical (unpaired) electrons. The summed E-state index contributed by atoms with van der Waals surface area (Å²) in [4.78, 5) is 27.0. The molecule has 3 rings (SSSR count). The van der Waals surface area contributed by atoms with E-state index in [1.165, 1.54) is 0 Å². The molecule has 2 unspecified atom stereocenters. The van der Waals surface area contributed by atoms with Gasteiger partial charge >= 0.3 is 0 Å². The Bertz CT molecular complexity index is 774. The highest BCUT2D eigenvalue weighted by atomic mass is 35.5. The summed E-state index contributed by atoms with van der Waals surface area (Å²) >= 11 is 0. The topological polar surface area (TPSA) is 79.3 Å². The van der Waals surface area contributed by atoms with Crippen molar-refractivity contribution in [3.63, 3.8) is 0 Å². The fourth-order valence-corrected chi connectivity index (χ4v) is 3.09. The number of carbonyl (C=O) groups is 2. The lowest BCUT2D eigenvalue weighted by molar-refractivity contribution is -0.127. The van der Waals surface area contributed by atoms with Crippen LogP contribution in [0.1, 0.15) is 23.6 Å². The monoisotopic (exact) mass is 377 g/mol. The van der Waals surface area contributed by atoms with Crippen molar-refractivity contribution in [2.45, 2.75) is 25.4 Å². The average molecular weight is 378 g/mol. The van der Waals surface area contributed by atoms with Crippen molar-refractivity contribution >= 4 is 29.9 Å². The van der Waals surface area contributed by atoms with Gasteiger partial charge in [0.25, 0.3) is 0 Å². The van der Waals surface area contributed by atoms with Crippen LogP contribution in [-0.2, 0) is 16.6 Å². The van der Waals surface area contributed by atoms with E-state index in [9.17, 15) is 9.59 Å². The molecule has 0 spiro atoms. The molecule has 1 aliphatic heterocycles. The number of likely N-dealkylation sites (N-methyl/N-ethyl adjacent to an activating group) is 1. The molecule has 2 amide bonds. The van der Waals surface area contributed by atoms with Gasteiger partial charge in [0.2, 0.25) is 11.8 Å². The van der Waals surface area contributed by atoms with E-state index in [2.05, 4.69) is 15.7 Å². The molecule has 0 aliphatic carbocycles. The summed E-state index contributed by atoms with van der Waals surface area (Å²) in [5.74, 6) is -0.294. The van der Waals surface area contributed by atoms with Crippen LogP contribution in [0.25, 0.3) is 0 Å². The lowest BCUT2D eigenvalue weighted by Crippen LogP contribution is -2.45. The first kappa shape index (κ1) is 19.9. The molecule has 140 valence electrons. The van der Waals surface area contributed by atoms with Gasteiger partial charge in [0.1, 0.15) is 12.1 Å². The van der Waals surface area contributed by atoms with Gasteiger partial charge in [-0.1, -0.05) is 17.7 Å². The first-order chi connectivity index (χ1) is 12.0. The standard InChI is InChI=1S/C18H23N5O2.ClH/c1-12-4-6-14(7-5-12)23-9-8-15(18(23)25)21-17(24)16(19-2)13-10-20-22(3)11-13;/h4-7,10-11,15-16,19H,8-9H2,1-3H3,(H,21,24);1H. The summed E-state index contributed by atoms with van der Waals surface area (Å²) in [7, 11) is 3.51. The van der Waals surface area contributed by atoms with E-state index >= 15 is 0 Å². The smallest absolute Gasteiger partial charge is 0.249 e. The number of amides is 2. The zero-order valence-electron chi connectivity index (χ0n) is 15.1. The van der Waals surface area contributed by atoms with Crippen LogP contribution in [0.5, 0.6) is 0 Å². The van der Waals surface area contributed by atoms with Crippen molar-refractivity contribution in [1.29, 1.82) is 0 Å². The molecule has 1 aliphatic rings. The molecular weight excluding hydrogens is 354 g/mol. The molecule has 7 nitrogen and oxygen atoms in total. The Morgan fingerprint density at radius 1 is 1.31 bits per heavy atom. The molecule has 26 heavy (non-hydrogen) atoms. The zero-order valence-corrected chi connectivity index (χ0v) is 15.9. The summed E-state index contributed by atoms with van der Waals surface area (Å²) in [5.41, 5.74) is 2.78. The van der Waals surface area contributed by atoms with Crippen molar-refractivity contribution in [3.8, 4) is 0 Å². The van der Waals surface area contributed by atoms with Crippen LogP contribution in [0.4, 0.5) is 5.69 Å². The van der Waals surface area contributed by atoms with Crippen LogP contribution in [0.15, 0.2) is 36.7 Å². The molecule has 0 saturated carbocycles. The minimum atomic E-state index is -0.532. The number of hydrogen-bond donors (Lipinski definition) is 2. The first-order valence-corrected chi connectivity index (χ1v) is 8.34. The third-order valence-electron chi connectivity index (χ3n) is 4.48. The van der Waals surface area contributed by atoms with Crippen LogP contribution in [-0.4, -0.2) is 41.2 Å². The van der Waals surface area contributed by atoms with E-state index in [1.54, 1.807) is 36.1 Å². The molecule has 8 heteroatoms. The van der Waals surface area contributed by atoms with Crippen LogP contribution < -0.4 is 15.5 Å². The van der Waals surface area contributed by atoms with Crippen molar-refractivity contribution in [2.75, 3.05) is 18.5 Å². The summed E-state index contributed by atoms with van der Waals surface area (Å²) in [5, 5.41) is 9.94. The van der Waals surface area contributed by atoms with E-state index in [1.807, 2.05) is 31.2 Å². The molecule has 2 aromatic rings. The van der Waals surface area contributed by atoms with Crippen molar-refractivity contribution in [1.82, 2.24) is 20.4 Å². The second-order valence-electron chi connectivity index (χ2n) is 6.34. The molecule has 2 heterocycles. The van der Waals surface area contributed by atoms with E-state index in [0.29, 0.717) is 13.0 Å². The van der Waals surface area contributed by atoms with E-state index in [-0.39, 0.29) is 24.2 Å². The Kier molecular flexibility index (Phi) is 6.39. The van der Waals surface area contributed by atoms with Gasteiger partial charge in [-0.15, -0.1) is 12.4 Å². The minimum Gasteiger partial charge on any atom is -0.343 e. The number of anilines is 1. The maximum Gasteiger partial charge on any atom is 0.249 e. The van der Waals surface area contributed by atoms with Crippen molar-refractivity contribution in [3.05, 3.63) is 47.8 Å². The fourth-order valence-electron chi connectivity index (χ4n) is 3.09. The van der Waals surface area contributed by atoms with Crippen molar-refractivity contribution in [2.24, 2.45) is 7.05 Å². The van der Waals surface area contributed by atoms with Crippen LogP contribution >= 0.6 is 12.4 Å². The van der Waals surface area contributed by atoms with Gasteiger partial charge in [0, 0.05) is 31.0 Å². The van der Waals surface area contributed by atoms with Gasteiger partial charge < -0.3 is 15.5 Å². The van der Waals surface area contributed by atoms with Crippen LogP contribution in [0, 0.1) is 6.92 Å². The number of halogens is 1. The summed E-state index contributed by atoms with van der Waals surface area (Å²) in [6.45, 7) is 2.61. The van der Waals surface area contributed by atoms with Crippen molar-refractivity contribution < 1.29 is 9.59 Å². The summed E-state index contributed by atoms with van der Waals surface area (Å²) in [6, 6.07) is 6.80. The number of hydrogen-bond acceptors (Lipinski definition) is 4. The third kappa shape index (κ3) is 4.05. The molecule has 0 bridgehead atoms. The number of benzene rings is 1. The quantitative estimate of drug-likeness (QED) is 0.824. The fraction of sp³-hybridized carbons (Fsp3) is 0.389. The molecule has 1 aromatic heterocycles. The number of carbonyl (C=O) groups excluding carboxylic acids is 2. The maximum absolute atomic E-state index is 12.7. The van der Waals surface area contributed by atoms with E-state index in [0.717, 1.165) is 16.8 Å². The second-order valence-corrected chi connectivity index (χ2v) is 6.34. The number of nitrogens with one attached hydrogen (secondary N) is 2. The number of rotatable bonds is 5. The van der Waals surface area contributed by atoms with Gasteiger partial charge in [-0.3, -0.25) is 14.3 Å². The average Bonchev–Trinajstić information content (AvgIpc) is 3.16. The lowest BCUT2D eigenvalue weighted by Gasteiger charge is -2.19. The number of aromatic nitrogens is 2. The molecule has 1 fully saturated rings. The Morgan fingerprint density at radius 3 is 2.58 bits per heavy atom. The second kappa shape index (κ2) is 8.33. The Hall–Kier alpha value is -2.38. The predicted octanol–water partition coefficient (Wildman–Crippen LogP) is 1.33. The summed E-state index contributed by atoms with van der Waals surface area (Å²) in [6.07, 6.45) is 4.04. The SMILES string of the molecule is CNC(C(=O)NC1CCN(c2ccc(C)cc2)C1=O)c1cnn(C)c1.Cl. The normalized spacial score (nSPS) is 17.7. The zero-order chi connectivity index (χ0) is 18.0. The number of aryl methyl sites for hydroxylation is 2. The Morgan fingerprint density at radius 2 is 2.00 bits per heavy atom. The van der Waals surface area contributed by atoms with E-state index in [4.69, 9.17) is 0 Å². The third-order valence-corrected chi connectivity index (χ3v) is 4.48. The minimum absolute atomic E-state index is 0. The molecule has 1 aromatic carbocycles. The lowest BCUT2D eigenvalue weighted by atomic mass is 10.1. The molecular formula is C18H24ClN5O2. The Balaban J connectivity index is 0.00000243. The van der Waals surface area contributed by atoms with E-state index < -0.39 is 12.1 Å². The summed E-state index contributed by atoms with van der Waals surface area (Å²) < 4.78 is 1.65. The number of nitrogens with zero attached hydrogens (tertiary/aromatic N) is 3. The van der Waals surface area contributed by atoms with Crippen LogP contribution in [0.3, 0.4) is 0 Å². The highest BCUT2D eigenvalue weighted by Crippen LogP contribution is 2.22. The van der Waals surface area contributed by atoms with Gasteiger partial charge in [-0.25, -0.2) is 0 Å². The molecule has 2 atom stereocenters. The van der Waals surface area contributed by atoms with Gasteiger partial charge in [-0.05, 0) is 32.5 Å². The van der Waals surface area contributed by atoms with Gasteiger partial charge in [0.15, 0.2) is 0 Å². The largest absolute Gasteiger partial charge is 0.343 e. The predicted molar refractivity (Wildman–Crippen MR) is 102 cm³/mol. The van der Waals surface area contributed by atoms with Gasteiger partial charge in [-0.2, -0.15) is 5.10 Å². The van der Waals surface area contributed by atoms with Gasteiger partial charge in [0.05, 0.1) is 6.20 Å². The molecule has 1 saturated heterocycles. The first-order valence-electron chi connectivity index (χ1n) is 8.34. The highest BCUT2D eigenvalue weighted by Gasteiger charge is 2.35. The maximum atomic E-state index is 12.7. The highest BCUT2D eigenvalue weighted by molar-refractivity contribution is 6.01. The van der Waals surface area contributed by atoms with Crippen LogP contribution in [0.2, 0.25) is 0 Å². The Labute approximate surface area is 159 Å².